The molecule has 2 unspecified atom stereocenters. The molecule has 42 heavy (non-hydrogen) atoms. The first-order valence-corrected chi connectivity index (χ1v) is 14.4. The summed E-state index contributed by atoms with van der Waals surface area (Å²) >= 11 is 0. The zero-order valence-electron chi connectivity index (χ0n) is 24.3. The second kappa shape index (κ2) is 32.6. The minimum Gasteiger partial charge on any atom is -0.790 e. The van der Waals surface area contributed by atoms with Crippen molar-refractivity contribution in [2.24, 2.45) is 0 Å². The van der Waals surface area contributed by atoms with Crippen LogP contribution in [0.3, 0.4) is 0 Å². The molecule has 0 amide bonds. The molecule has 1 aliphatic rings. The molecular weight excluding hydrogens is 793 g/mol. The second-order valence-electron chi connectivity index (χ2n) is 5.58. The van der Waals surface area contributed by atoms with Gasteiger partial charge in [-0.3, -0.25) is 0 Å². The Bertz CT molecular complexity index is 858. The summed E-state index contributed by atoms with van der Waals surface area (Å²) < 4.78 is 73.0. The van der Waals surface area contributed by atoms with E-state index in [-0.39, 0.29) is 296 Å². The van der Waals surface area contributed by atoms with Gasteiger partial charge in [-0.05, 0) is 0 Å². The molecule has 1 saturated carbocycles. The van der Waals surface area contributed by atoms with Crippen molar-refractivity contribution in [1.82, 2.24) is 0 Å². The molecule has 0 aromatic carbocycles. The third-order valence-electron chi connectivity index (χ3n) is 3.22. The topological polar surface area (TPSA) is 382 Å². The van der Waals surface area contributed by atoms with E-state index in [0.29, 0.717) is 0 Å². The molecule has 0 aliphatic heterocycles. The number of phosphoric ester groups is 5. The summed E-state index contributed by atoms with van der Waals surface area (Å²) in [5.74, 6) is 0. The summed E-state index contributed by atoms with van der Waals surface area (Å²) in [6.45, 7) is 0. The molecule has 0 aromatic rings. The quantitative estimate of drug-likeness (QED) is 0.158. The molecule has 0 spiro atoms. The number of phosphoric acid groups is 5. The van der Waals surface area contributed by atoms with E-state index in [2.05, 4.69) is 22.6 Å². The molecule has 21 nitrogen and oxygen atoms in total. The van der Waals surface area contributed by atoms with Crippen LogP contribution < -0.4 is 345 Å². The van der Waals surface area contributed by atoms with Crippen LogP contribution in [0.2, 0.25) is 0 Å². The van der Waals surface area contributed by atoms with Crippen molar-refractivity contribution < 1.29 is 395 Å². The van der Waals surface area contributed by atoms with Gasteiger partial charge in [-0.1, -0.05) is 0 Å². The first-order chi connectivity index (χ1) is 13.9. The Morgan fingerprint density at radius 3 is 0.595 bits per heavy atom. The molecule has 0 heterocycles. The van der Waals surface area contributed by atoms with E-state index in [0.717, 1.165) is 0 Å². The molecule has 0 bridgehead atoms. The molecule has 0 aromatic heterocycles. The Morgan fingerprint density at radius 1 is 0.333 bits per heavy atom. The average molecular weight is 800 g/mol. The maximum atomic E-state index is 11.0. The summed E-state index contributed by atoms with van der Waals surface area (Å²) in [5, 5.41) is 10.0. The second-order valence-corrected chi connectivity index (χ2v) is 11.1. The monoisotopic (exact) mass is 800 g/mol. The molecule has 1 aliphatic carbocycles. The molecule has 1 N–H and O–H groups in total. The summed E-state index contributed by atoms with van der Waals surface area (Å²) in [4.78, 5) is 109. The minimum absolute atomic E-state index is 0. The van der Waals surface area contributed by atoms with Crippen molar-refractivity contribution in [3.8, 4) is 0 Å². The van der Waals surface area contributed by atoms with Crippen LogP contribution in [0.4, 0.5) is 0 Å². The fraction of sp³-hybridized carbons (Fsp3) is 1.00. The van der Waals surface area contributed by atoms with Crippen LogP contribution in [-0.2, 0) is 45.4 Å². The molecule has 0 radical (unpaired) electrons. The van der Waals surface area contributed by atoms with E-state index >= 15 is 0 Å². The predicted molar refractivity (Wildman–Crippen MR) is 68.4 cm³/mol. The van der Waals surface area contributed by atoms with E-state index < -0.39 is 75.7 Å². The van der Waals surface area contributed by atoms with Gasteiger partial charge in [-0.15, -0.1) is 0 Å². The molecular formula is C6H7Na10O21P5. The summed E-state index contributed by atoms with van der Waals surface area (Å²) in [6.07, 6.45) is -19.5. The van der Waals surface area contributed by atoms with E-state index in [9.17, 15) is 76.9 Å². The van der Waals surface area contributed by atoms with Crippen molar-refractivity contribution in [1.29, 1.82) is 0 Å². The molecule has 1 rings (SSSR count). The van der Waals surface area contributed by atoms with Crippen LogP contribution in [0.15, 0.2) is 0 Å². The first kappa shape index (κ1) is 77.1. The van der Waals surface area contributed by atoms with E-state index in [4.69, 9.17) is 0 Å². The zero-order chi connectivity index (χ0) is 25.5. The third kappa shape index (κ3) is 35.0. The summed E-state index contributed by atoms with van der Waals surface area (Å²) in [5.41, 5.74) is 0. The van der Waals surface area contributed by atoms with Crippen molar-refractivity contribution in [2.45, 2.75) is 36.6 Å². The maximum absolute atomic E-state index is 11.0. The summed E-state index contributed by atoms with van der Waals surface area (Å²) in [6, 6.07) is 0. The van der Waals surface area contributed by atoms with Gasteiger partial charge in [0.2, 0.25) is 0 Å². The molecule has 6 atom stereocenters. The number of hydrogen-bond acceptors (Lipinski definition) is 21. The van der Waals surface area contributed by atoms with Gasteiger partial charge in [-0.25, -0.2) is 0 Å². The minimum atomic E-state index is -6.51. The zero-order valence-corrected chi connectivity index (χ0v) is 48.8. The third-order valence-corrected chi connectivity index (χ3v) is 5.73. The Kier molecular flexibility index (Phi) is 59.8. The van der Waals surface area contributed by atoms with Crippen molar-refractivity contribution in [2.75, 3.05) is 0 Å². The van der Waals surface area contributed by atoms with Gasteiger partial charge in [0.25, 0.3) is 0 Å². The van der Waals surface area contributed by atoms with Gasteiger partial charge >= 0.3 is 296 Å². The van der Waals surface area contributed by atoms with Crippen molar-refractivity contribution in [3.05, 3.63) is 0 Å². The normalized spacial score (nSPS) is 23.6. The van der Waals surface area contributed by atoms with E-state index in [1.54, 1.807) is 0 Å². The Labute approximate surface area is 460 Å². The average Bonchev–Trinajstić information content (AvgIpc) is 2.45. The van der Waals surface area contributed by atoms with Gasteiger partial charge in [0.05, 0.1) is 39.1 Å². The van der Waals surface area contributed by atoms with Gasteiger partial charge < -0.3 is 99.5 Å². The van der Waals surface area contributed by atoms with Crippen LogP contribution in [0, 0.1) is 0 Å². The summed E-state index contributed by atoms with van der Waals surface area (Å²) in [7, 11) is -32.2. The molecule has 1 fully saturated rings. The van der Waals surface area contributed by atoms with Gasteiger partial charge in [0, 0.05) is 0 Å². The number of aliphatic hydroxyl groups is 1. The molecule has 192 valence electrons. The van der Waals surface area contributed by atoms with E-state index in [1.165, 1.54) is 0 Å². The number of aliphatic hydroxyl groups excluding tert-OH is 1. The van der Waals surface area contributed by atoms with Crippen LogP contribution in [0.25, 0.3) is 0 Å². The predicted octanol–water partition coefficient (Wildman–Crippen LogP) is -39.5. The SMILES string of the molecule is O=P([O-])([O-])OC1[C@@H](OP(=O)([O-])[O-])[C@@H](OP(=O)([O-])[O-])C(O)[C@H](OP(=O)([O-])[O-])[C@H]1OP(=O)([O-])[O-].[Na+].[Na+].[Na+].[Na+].[Na+].[Na+].[Na+].[Na+].[Na+].[Na+]. The van der Waals surface area contributed by atoms with Gasteiger partial charge in [0.15, 0.2) is 0 Å². The molecule has 0 saturated heterocycles. The maximum Gasteiger partial charge on any atom is 1.00 e. The Hall–Kier alpha value is 10.5. The number of hydrogen-bond donors (Lipinski definition) is 1. The smallest absolute Gasteiger partial charge is 0.790 e. The van der Waals surface area contributed by atoms with E-state index in [1.807, 2.05) is 0 Å². The fourth-order valence-corrected chi connectivity index (χ4v) is 5.19. The first-order valence-electron chi connectivity index (χ1n) is 7.09. The fourth-order valence-electron chi connectivity index (χ4n) is 2.49. The number of rotatable bonds is 10. The van der Waals surface area contributed by atoms with Crippen LogP contribution in [0.1, 0.15) is 0 Å². The molecule has 36 heteroatoms. The van der Waals surface area contributed by atoms with Gasteiger partial charge in [0.1, 0.15) is 36.6 Å². The Balaban J connectivity index is -0.000000128. The Morgan fingerprint density at radius 2 is 0.452 bits per heavy atom. The largest absolute Gasteiger partial charge is 1.00 e. The van der Waals surface area contributed by atoms with Crippen molar-refractivity contribution >= 4 is 39.1 Å². The van der Waals surface area contributed by atoms with Gasteiger partial charge in [-0.2, -0.15) is 0 Å². The van der Waals surface area contributed by atoms with Crippen LogP contribution in [-0.4, -0.2) is 41.7 Å². The standard InChI is InChI=1S/C6H17O21P5.10Na/c7-1-2(23-28(8,9)10)4(25-30(14,15)16)6(27-32(20,21)22)5(26-31(17,18)19)3(1)24-29(11,12)13;;;;;;;;;;/h1-7H,(H2,8,9,10)(H2,11,12,13)(H2,14,15,16)(H2,17,18,19)(H2,20,21,22);;;;;;;;;;/q;10*+1/p-10/t1?,2-,3-,4-,5+,6?;;;;;;;;;;/m0........../s1. The van der Waals surface area contributed by atoms with Crippen molar-refractivity contribution in [3.63, 3.8) is 0 Å². The van der Waals surface area contributed by atoms with Crippen LogP contribution in [0.5, 0.6) is 0 Å². The van der Waals surface area contributed by atoms with Crippen LogP contribution >= 0.6 is 39.1 Å².